The number of likely N-dealkylation sites (tertiary alicyclic amines) is 1. The van der Waals surface area contributed by atoms with Gasteiger partial charge in [0.2, 0.25) is 16.0 Å². The first-order chi connectivity index (χ1) is 21.3. The Morgan fingerprint density at radius 3 is 2.31 bits per heavy atom. The second-order valence-electron chi connectivity index (χ2n) is 10.3. The van der Waals surface area contributed by atoms with Crippen LogP contribution in [0.1, 0.15) is 29.5 Å². The molecule has 0 atom stereocenters. The van der Waals surface area contributed by atoms with Crippen LogP contribution >= 0.6 is 0 Å². The molecule has 0 bridgehead atoms. The van der Waals surface area contributed by atoms with Gasteiger partial charge >= 0.3 is 12.1 Å². The Balaban J connectivity index is 0.000000591. The van der Waals surface area contributed by atoms with Crippen molar-refractivity contribution in [3.05, 3.63) is 71.3 Å². The van der Waals surface area contributed by atoms with Gasteiger partial charge in [-0.05, 0) is 111 Å². The second kappa shape index (κ2) is 14.0. The van der Waals surface area contributed by atoms with E-state index in [2.05, 4.69) is 36.2 Å². The summed E-state index contributed by atoms with van der Waals surface area (Å²) in [5.41, 5.74) is 6.53. The van der Waals surface area contributed by atoms with E-state index < -0.39 is 22.2 Å². The molecule has 15 heteroatoms. The molecule has 1 aliphatic heterocycles. The van der Waals surface area contributed by atoms with Gasteiger partial charge in [-0.3, -0.25) is 0 Å². The molecule has 5 rings (SSSR count). The van der Waals surface area contributed by atoms with E-state index in [1.165, 1.54) is 12.8 Å². The van der Waals surface area contributed by atoms with Crippen molar-refractivity contribution >= 4 is 38.7 Å². The van der Waals surface area contributed by atoms with Gasteiger partial charge in [0.15, 0.2) is 0 Å². The van der Waals surface area contributed by atoms with Crippen molar-refractivity contribution in [3.63, 3.8) is 0 Å². The summed E-state index contributed by atoms with van der Waals surface area (Å²) in [6.45, 7) is 7.15. The summed E-state index contributed by atoms with van der Waals surface area (Å²) in [4.78, 5) is 16.0. The Morgan fingerprint density at radius 1 is 1.02 bits per heavy atom. The highest BCUT2D eigenvalue weighted by atomic mass is 32.2. The Bertz CT molecular complexity index is 1840. The Kier molecular flexibility index (Phi) is 10.3. The van der Waals surface area contributed by atoms with E-state index >= 15 is 0 Å². The molecular weight excluding hydrogens is 611 g/mol. The largest absolute Gasteiger partial charge is 0.490 e. The van der Waals surface area contributed by atoms with Crippen molar-refractivity contribution in [3.8, 4) is 17.2 Å². The zero-order chi connectivity index (χ0) is 32.8. The lowest BCUT2D eigenvalue weighted by atomic mass is 9.96. The van der Waals surface area contributed by atoms with Gasteiger partial charge in [0.1, 0.15) is 5.52 Å². The predicted octanol–water partition coefficient (Wildman–Crippen LogP) is 4.93. The predicted molar refractivity (Wildman–Crippen MR) is 161 cm³/mol. The third-order valence-corrected chi connectivity index (χ3v) is 8.49. The highest BCUT2D eigenvalue weighted by Crippen LogP contribution is 2.29. The molecule has 4 aromatic rings. The van der Waals surface area contributed by atoms with Crippen LogP contribution in [0.3, 0.4) is 0 Å². The zero-order valence-electron chi connectivity index (χ0n) is 24.4. The molecule has 0 unspecified atom stereocenters. The van der Waals surface area contributed by atoms with Gasteiger partial charge in [0.25, 0.3) is 0 Å². The van der Waals surface area contributed by atoms with Gasteiger partial charge in [0.05, 0.1) is 22.0 Å². The van der Waals surface area contributed by atoms with E-state index in [0.29, 0.717) is 34.8 Å². The molecule has 236 valence electrons. The summed E-state index contributed by atoms with van der Waals surface area (Å²) >= 11 is 0. The van der Waals surface area contributed by atoms with E-state index in [0.717, 1.165) is 41.9 Å². The minimum atomic E-state index is -5.08. The second-order valence-corrected chi connectivity index (χ2v) is 12.1. The number of nitriles is 1. The number of sulfonamides is 1. The molecule has 3 N–H and O–H groups in total. The van der Waals surface area contributed by atoms with Crippen molar-refractivity contribution in [2.75, 3.05) is 31.5 Å². The highest BCUT2D eigenvalue weighted by molar-refractivity contribution is 7.89. The minimum Gasteiger partial charge on any atom is -0.475 e. The third-order valence-electron chi connectivity index (χ3n) is 7.01. The van der Waals surface area contributed by atoms with Crippen molar-refractivity contribution < 1.29 is 31.5 Å². The number of aliphatic carboxylic acids is 1. The lowest BCUT2D eigenvalue weighted by molar-refractivity contribution is -0.192. The number of rotatable bonds is 8. The number of carboxylic acids is 1. The molecule has 0 amide bonds. The number of carbonyl (C=O) groups is 1. The first kappa shape index (κ1) is 33.2. The third kappa shape index (κ3) is 8.72. The number of alkyl halides is 3. The van der Waals surface area contributed by atoms with E-state index in [1.807, 2.05) is 38.1 Å². The van der Waals surface area contributed by atoms with E-state index in [4.69, 9.17) is 9.90 Å². The molecule has 45 heavy (non-hydrogen) atoms. The molecule has 1 saturated heterocycles. The van der Waals surface area contributed by atoms with Crippen LogP contribution in [0, 0.1) is 25.2 Å². The van der Waals surface area contributed by atoms with E-state index in [-0.39, 0.29) is 4.90 Å². The van der Waals surface area contributed by atoms with Crippen LogP contribution in [0.4, 0.5) is 24.8 Å². The van der Waals surface area contributed by atoms with Crippen LogP contribution in [-0.4, -0.2) is 71.9 Å². The van der Waals surface area contributed by atoms with Gasteiger partial charge in [-0.15, -0.1) is 10.2 Å². The fourth-order valence-corrected chi connectivity index (χ4v) is 5.72. The average Bonchev–Trinajstić information content (AvgIpc) is 3.51. The molecule has 1 aromatic heterocycles. The van der Waals surface area contributed by atoms with Crippen LogP contribution in [0.25, 0.3) is 22.2 Å². The normalized spacial score (nSPS) is 13.6. The number of halogens is 3. The maximum absolute atomic E-state index is 12.6. The summed E-state index contributed by atoms with van der Waals surface area (Å²) in [5, 5.41) is 28.1. The van der Waals surface area contributed by atoms with E-state index in [1.54, 1.807) is 30.3 Å². The molecular formula is C30H30F3N7O4S. The van der Waals surface area contributed by atoms with Crippen LogP contribution in [-0.2, 0) is 14.8 Å². The van der Waals surface area contributed by atoms with Gasteiger partial charge in [-0.2, -0.15) is 18.4 Å². The topological polar surface area (TPSA) is 161 Å². The molecule has 2 heterocycles. The lowest BCUT2D eigenvalue weighted by Crippen LogP contribution is -2.33. The molecule has 0 saturated carbocycles. The number of carboxylic acid groups (broad SMARTS) is 1. The quantitative estimate of drug-likeness (QED) is 0.241. The number of hydrogen-bond acceptors (Lipinski definition) is 9. The van der Waals surface area contributed by atoms with Gasteiger partial charge in [-0.1, -0.05) is 6.07 Å². The highest BCUT2D eigenvalue weighted by Gasteiger charge is 2.38. The lowest BCUT2D eigenvalue weighted by Gasteiger charge is -2.15. The molecule has 0 radical (unpaired) electrons. The zero-order valence-corrected chi connectivity index (χ0v) is 25.2. The fourth-order valence-electron chi connectivity index (χ4n) is 4.70. The maximum Gasteiger partial charge on any atom is 0.490 e. The Morgan fingerprint density at radius 2 is 1.69 bits per heavy atom. The van der Waals surface area contributed by atoms with Crippen molar-refractivity contribution in [2.45, 2.75) is 37.8 Å². The first-order valence-electron chi connectivity index (χ1n) is 13.8. The molecule has 11 nitrogen and oxygen atoms in total. The molecule has 0 spiro atoms. The van der Waals surface area contributed by atoms with Crippen molar-refractivity contribution in [1.82, 2.24) is 24.8 Å². The molecule has 0 aliphatic carbocycles. The standard InChI is InChI=1S/C28H29N7O2S.C2HF3O2/c1-19-5-6-21(18-29)16-25(19)22-15-20(2)27-26(17-22)33-34-28(32-27)31-23-7-9-24(10-8-23)38(36,37)30-11-14-35-12-3-4-13-35;3-2(4,5)1(6)7/h5-10,15-17,30H,3-4,11-14H2,1-2H3,(H,31,32,34);(H,6,7). The van der Waals surface area contributed by atoms with Crippen LogP contribution < -0.4 is 10.0 Å². The molecule has 1 fully saturated rings. The summed E-state index contributed by atoms with van der Waals surface area (Å²) in [6.07, 6.45) is -2.73. The Hall–Kier alpha value is -4.65. The van der Waals surface area contributed by atoms with Crippen molar-refractivity contribution in [1.29, 1.82) is 5.26 Å². The number of nitrogens with one attached hydrogen (secondary N) is 2. The summed E-state index contributed by atoms with van der Waals surface area (Å²) in [6, 6.07) is 18.2. The monoisotopic (exact) mass is 641 g/mol. The van der Waals surface area contributed by atoms with Crippen LogP contribution in [0.2, 0.25) is 0 Å². The number of aromatic nitrogens is 3. The van der Waals surface area contributed by atoms with Gasteiger partial charge < -0.3 is 15.3 Å². The minimum absolute atomic E-state index is 0.209. The number of aryl methyl sites for hydroxylation is 2. The number of anilines is 2. The van der Waals surface area contributed by atoms with Gasteiger partial charge in [0, 0.05) is 18.8 Å². The molecule has 1 aliphatic rings. The number of benzene rings is 3. The molecule has 3 aromatic carbocycles. The van der Waals surface area contributed by atoms with Crippen molar-refractivity contribution in [2.24, 2.45) is 0 Å². The van der Waals surface area contributed by atoms with Gasteiger partial charge in [-0.25, -0.2) is 22.9 Å². The number of nitrogens with zero attached hydrogens (tertiary/aromatic N) is 5. The summed E-state index contributed by atoms with van der Waals surface area (Å²) in [5.74, 6) is -2.44. The van der Waals surface area contributed by atoms with E-state index in [9.17, 15) is 26.9 Å². The number of hydrogen-bond donors (Lipinski definition) is 3. The first-order valence-corrected chi connectivity index (χ1v) is 15.3. The SMILES string of the molecule is Cc1ccc(C#N)cc1-c1cc(C)c2nc(Nc3ccc(S(=O)(=O)NCCN4CCCC4)cc3)nnc2c1.O=C(O)C(F)(F)F. The Labute approximate surface area is 257 Å². The smallest absolute Gasteiger partial charge is 0.475 e. The average molecular weight is 642 g/mol. The fraction of sp³-hybridized carbons (Fsp3) is 0.300. The van der Waals surface area contributed by atoms with Crippen LogP contribution in [0.5, 0.6) is 0 Å². The van der Waals surface area contributed by atoms with Crippen LogP contribution in [0.15, 0.2) is 59.5 Å². The summed E-state index contributed by atoms with van der Waals surface area (Å²) in [7, 11) is -3.58. The number of fused-ring (bicyclic) bond motifs is 1. The maximum atomic E-state index is 12.6. The summed E-state index contributed by atoms with van der Waals surface area (Å²) < 4.78 is 59.7.